The number of hydrogen-bond acceptors (Lipinski definition) is 6. The van der Waals surface area contributed by atoms with Crippen LogP contribution >= 0.6 is 0 Å². The highest BCUT2D eigenvalue weighted by Crippen LogP contribution is 2.25. The molecule has 1 aliphatic heterocycles. The third kappa shape index (κ3) is 5.72. The summed E-state index contributed by atoms with van der Waals surface area (Å²) in [5, 5.41) is 13.1. The van der Waals surface area contributed by atoms with Gasteiger partial charge in [-0.15, -0.1) is 0 Å². The lowest BCUT2D eigenvalue weighted by atomic mass is 9.92. The third-order valence-electron chi connectivity index (χ3n) is 6.65. The fourth-order valence-electron chi connectivity index (χ4n) is 4.45. The van der Waals surface area contributed by atoms with E-state index in [9.17, 15) is 9.59 Å². The van der Waals surface area contributed by atoms with E-state index in [0.717, 1.165) is 59.6 Å². The number of carbonyl (C=O) groups excluding carboxylic acids is 2. The molecule has 37 heavy (non-hydrogen) atoms. The van der Waals surface area contributed by atoms with Gasteiger partial charge in [0.2, 0.25) is 17.7 Å². The molecule has 0 saturated carbocycles. The first kappa shape index (κ1) is 24.7. The first-order valence-electron chi connectivity index (χ1n) is 12.6. The van der Waals surface area contributed by atoms with Gasteiger partial charge in [0.25, 0.3) is 0 Å². The van der Waals surface area contributed by atoms with Crippen molar-refractivity contribution < 1.29 is 14.1 Å². The number of anilines is 2. The molecule has 2 amide bonds. The second kappa shape index (κ2) is 10.2. The maximum Gasteiger partial charge on any atom is 0.231 e. The van der Waals surface area contributed by atoms with E-state index in [0.29, 0.717) is 5.88 Å². The van der Waals surface area contributed by atoms with Crippen LogP contribution < -0.4 is 16.0 Å². The minimum atomic E-state index is -0.170. The quantitative estimate of drug-likeness (QED) is 0.361. The summed E-state index contributed by atoms with van der Waals surface area (Å²) in [4.78, 5) is 29.6. The Labute approximate surface area is 215 Å². The molecule has 1 saturated heterocycles. The fraction of sp³-hybridized carbons (Fsp3) is 0.357. The minimum absolute atomic E-state index is 0.0480. The van der Waals surface area contributed by atoms with Crippen LogP contribution in [0.5, 0.6) is 0 Å². The minimum Gasteiger partial charge on any atom is -0.338 e. The lowest BCUT2D eigenvalue weighted by Gasteiger charge is -2.21. The fourth-order valence-corrected chi connectivity index (χ4v) is 4.45. The van der Waals surface area contributed by atoms with Crippen molar-refractivity contribution >= 4 is 34.4 Å². The molecule has 3 N–H and O–H groups in total. The zero-order chi connectivity index (χ0) is 26.0. The summed E-state index contributed by atoms with van der Waals surface area (Å²) >= 11 is 0. The number of rotatable bonds is 6. The van der Waals surface area contributed by atoms with Crippen LogP contribution in [-0.4, -0.2) is 39.6 Å². The van der Waals surface area contributed by atoms with Gasteiger partial charge in [0.05, 0.1) is 23.1 Å². The van der Waals surface area contributed by atoms with Gasteiger partial charge < -0.3 is 15.2 Å². The molecule has 5 rings (SSSR count). The maximum atomic E-state index is 12.6. The van der Waals surface area contributed by atoms with Gasteiger partial charge in [-0.3, -0.25) is 19.5 Å². The number of nitrogens with one attached hydrogen (secondary N) is 3. The van der Waals surface area contributed by atoms with Crippen molar-refractivity contribution in [3.8, 4) is 5.69 Å². The molecule has 2 aromatic carbocycles. The van der Waals surface area contributed by atoms with Gasteiger partial charge in [-0.25, -0.2) is 4.98 Å². The topological polar surface area (TPSA) is 114 Å². The molecule has 192 valence electrons. The molecule has 0 unspecified atom stereocenters. The molecule has 3 heterocycles. The predicted octanol–water partition coefficient (Wildman–Crippen LogP) is 4.43. The summed E-state index contributed by atoms with van der Waals surface area (Å²) in [6, 6.07) is 15.3. The summed E-state index contributed by atoms with van der Waals surface area (Å²) < 4.78 is 7.24. The van der Waals surface area contributed by atoms with Crippen LogP contribution in [0.25, 0.3) is 16.7 Å². The van der Waals surface area contributed by atoms with Crippen molar-refractivity contribution in [2.45, 2.75) is 45.4 Å². The SMILES string of the molecule is CC(C)(C)c1cc(NC(=O)Cc2ccc(-n3cnc4cc(NC(=O)C5CCNCC5)ccc43)cc2)on1. The van der Waals surface area contributed by atoms with E-state index in [2.05, 4.69) is 26.1 Å². The maximum absolute atomic E-state index is 12.6. The molecule has 9 heteroatoms. The van der Waals surface area contributed by atoms with Crippen LogP contribution in [0.15, 0.2) is 59.4 Å². The van der Waals surface area contributed by atoms with Crippen LogP contribution in [0.1, 0.15) is 44.9 Å². The van der Waals surface area contributed by atoms with Crippen molar-refractivity contribution in [1.29, 1.82) is 0 Å². The van der Waals surface area contributed by atoms with E-state index in [4.69, 9.17) is 4.52 Å². The summed E-state index contributed by atoms with van der Waals surface area (Å²) in [6.07, 6.45) is 3.70. The van der Waals surface area contributed by atoms with Crippen LogP contribution in [0, 0.1) is 5.92 Å². The number of piperidine rings is 1. The highest BCUT2D eigenvalue weighted by Gasteiger charge is 2.21. The number of hydrogen-bond donors (Lipinski definition) is 3. The van der Waals surface area contributed by atoms with E-state index in [1.54, 1.807) is 12.4 Å². The monoisotopic (exact) mass is 500 g/mol. The van der Waals surface area contributed by atoms with Gasteiger partial charge in [-0.2, -0.15) is 0 Å². The van der Waals surface area contributed by atoms with Gasteiger partial charge >= 0.3 is 0 Å². The normalized spacial score (nSPS) is 14.6. The Morgan fingerprint density at radius 1 is 1.05 bits per heavy atom. The van der Waals surface area contributed by atoms with Crippen molar-refractivity contribution in [2.75, 3.05) is 23.7 Å². The summed E-state index contributed by atoms with van der Waals surface area (Å²) in [6.45, 7) is 7.87. The summed E-state index contributed by atoms with van der Waals surface area (Å²) in [5.41, 5.74) is 4.94. The predicted molar refractivity (Wildman–Crippen MR) is 143 cm³/mol. The molecule has 9 nitrogen and oxygen atoms in total. The van der Waals surface area contributed by atoms with Gasteiger partial charge in [-0.05, 0) is 61.8 Å². The molecule has 0 atom stereocenters. The van der Waals surface area contributed by atoms with Gasteiger partial charge in [-0.1, -0.05) is 38.1 Å². The van der Waals surface area contributed by atoms with Crippen molar-refractivity contribution in [2.24, 2.45) is 5.92 Å². The number of fused-ring (bicyclic) bond motifs is 1. The first-order chi connectivity index (χ1) is 17.8. The highest BCUT2D eigenvalue weighted by molar-refractivity contribution is 5.95. The molecular weight excluding hydrogens is 468 g/mol. The van der Waals surface area contributed by atoms with Gasteiger partial charge in [0, 0.05) is 28.8 Å². The zero-order valence-electron chi connectivity index (χ0n) is 21.4. The average molecular weight is 501 g/mol. The van der Waals surface area contributed by atoms with E-state index in [1.165, 1.54) is 0 Å². The van der Waals surface area contributed by atoms with Crippen LogP contribution in [0.3, 0.4) is 0 Å². The molecule has 0 aliphatic carbocycles. The number of amides is 2. The second-order valence-electron chi connectivity index (χ2n) is 10.5. The highest BCUT2D eigenvalue weighted by atomic mass is 16.5. The largest absolute Gasteiger partial charge is 0.338 e. The van der Waals surface area contributed by atoms with Crippen molar-refractivity contribution in [3.63, 3.8) is 0 Å². The van der Waals surface area contributed by atoms with Crippen LogP contribution in [-0.2, 0) is 21.4 Å². The number of aromatic nitrogens is 3. The number of imidazole rings is 1. The number of benzene rings is 2. The molecule has 0 radical (unpaired) electrons. The third-order valence-corrected chi connectivity index (χ3v) is 6.65. The first-order valence-corrected chi connectivity index (χ1v) is 12.6. The Balaban J connectivity index is 1.23. The summed E-state index contributed by atoms with van der Waals surface area (Å²) in [7, 11) is 0. The Morgan fingerprint density at radius 2 is 1.81 bits per heavy atom. The molecular formula is C28H32N6O3. The molecule has 1 fully saturated rings. The summed E-state index contributed by atoms with van der Waals surface area (Å²) in [5.74, 6) is 0.295. The van der Waals surface area contributed by atoms with Gasteiger partial charge in [0.15, 0.2) is 0 Å². The standard InChI is InChI=1S/C28H32N6O3/c1-28(2,3)24-16-26(37-33-24)32-25(35)14-18-4-7-21(8-5-18)34-17-30-22-15-20(6-9-23(22)34)31-27(36)19-10-12-29-13-11-19/h4-9,15-17,19,29H,10-14H2,1-3H3,(H,31,36)(H,32,35). The molecule has 0 bridgehead atoms. The molecule has 0 spiro atoms. The zero-order valence-corrected chi connectivity index (χ0v) is 21.4. The Kier molecular flexibility index (Phi) is 6.80. The lowest BCUT2D eigenvalue weighted by molar-refractivity contribution is -0.120. The van der Waals surface area contributed by atoms with Crippen molar-refractivity contribution in [3.05, 3.63) is 66.1 Å². The van der Waals surface area contributed by atoms with E-state index >= 15 is 0 Å². The van der Waals surface area contributed by atoms with Crippen LogP contribution in [0.4, 0.5) is 11.6 Å². The molecule has 2 aromatic heterocycles. The Morgan fingerprint density at radius 3 is 2.51 bits per heavy atom. The Hall–Kier alpha value is -3.98. The van der Waals surface area contributed by atoms with E-state index in [-0.39, 0.29) is 29.6 Å². The molecule has 1 aliphatic rings. The second-order valence-corrected chi connectivity index (χ2v) is 10.5. The van der Waals surface area contributed by atoms with Crippen molar-refractivity contribution in [1.82, 2.24) is 20.0 Å². The average Bonchev–Trinajstić information content (AvgIpc) is 3.52. The van der Waals surface area contributed by atoms with Gasteiger partial charge in [0.1, 0.15) is 6.33 Å². The molecule has 4 aromatic rings. The number of nitrogens with zero attached hydrogens (tertiary/aromatic N) is 3. The smallest absolute Gasteiger partial charge is 0.231 e. The number of carbonyl (C=O) groups is 2. The van der Waals surface area contributed by atoms with E-state index < -0.39 is 0 Å². The lowest BCUT2D eigenvalue weighted by Crippen LogP contribution is -2.34. The van der Waals surface area contributed by atoms with E-state index in [1.807, 2.05) is 67.8 Å². The van der Waals surface area contributed by atoms with Crippen LogP contribution in [0.2, 0.25) is 0 Å². The Bertz CT molecular complexity index is 1410.